The molecular formula is C8H17NO. The normalized spacial score (nSPS) is 41.7. The Balaban J connectivity index is 2.35. The van der Waals surface area contributed by atoms with Gasteiger partial charge in [-0.25, -0.2) is 0 Å². The molecule has 2 heteroatoms. The monoisotopic (exact) mass is 143 g/mol. The first-order chi connectivity index (χ1) is 4.72. The quantitative estimate of drug-likeness (QED) is 0.597. The summed E-state index contributed by atoms with van der Waals surface area (Å²) in [7, 11) is 0. The molecule has 0 aromatic rings. The molecule has 0 aromatic carbocycles. The first-order valence-corrected chi connectivity index (χ1v) is 4.08. The minimum atomic E-state index is 0.414. The van der Waals surface area contributed by atoms with Gasteiger partial charge in [-0.15, -0.1) is 0 Å². The van der Waals surface area contributed by atoms with Crippen molar-refractivity contribution in [1.82, 2.24) is 0 Å². The van der Waals surface area contributed by atoms with Gasteiger partial charge in [-0.05, 0) is 39.2 Å². The van der Waals surface area contributed by atoms with Crippen molar-refractivity contribution >= 4 is 0 Å². The summed E-state index contributed by atoms with van der Waals surface area (Å²) in [6, 6.07) is 0. The predicted octanol–water partition coefficient (Wildman–Crippen LogP) is 1.15. The predicted molar refractivity (Wildman–Crippen MR) is 41.8 cm³/mol. The Morgan fingerprint density at radius 3 is 2.20 bits per heavy atom. The highest BCUT2D eigenvalue weighted by Crippen LogP contribution is 2.23. The SMILES string of the molecule is C[C@H]1CC(CN)C[C@H](C)O1. The van der Waals surface area contributed by atoms with Crippen LogP contribution < -0.4 is 5.73 Å². The third-order valence-electron chi connectivity index (χ3n) is 2.13. The Bertz CT molecular complexity index is 95.4. The second kappa shape index (κ2) is 3.35. The van der Waals surface area contributed by atoms with Gasteiger partial charge in [0, 0.05) is 0 Å². The van der Waals surface area contributed by atoms with E-state index in [1.807, 2.05) is 0 Å². The number of hydrogen-bond acceptors (Lipinski definition) is 2. The molecule has 1 heterocycles. The summed E-state index contributed by atoms with van der Waals surface area (Å²) in [5.41, 5.74) is 5.57. The molecule has 10 heavy (non-hydrogen) atoms. The molecule has 0 bridgehead atoms. The van der Waals surface area contributed by atoms with E-state index in [2.05, 4.69) is 13.8 Å². The molecule has 1 aliphatic rings. The van der Waals surface area contributed by atoms with Crippen molar-refractivity contribution in [1.29, 1.82) is 0 Å². The van der Waals surface area contributed by atoms with Crippen molar-refractivity contribution in [3.05, 3.63) is 0 Å². The van der Waals surface area contributed by atoms with E-state index in [4.69, 9.17) is 10.5 Å². The van der Waals surface area contributed by atoms with E-state index < -0.39 is 0 Å². The summed E-state index contributed by atoms with van der Waals surface area (Å²) in [6.45, 7) is 5.06. The van der Waals surface area contributed by atoms with Crippen molar-refractivity contribution in [2.45, 2.75) is 38.9 Å². The van der Waals surface area contributed by atoms with Gasteiger partial charge in [0.15, 0.2) is 0 Å². The van der Waals surface area contributed by atoms with Gasteiger partial charge < -0.3 is 10.5 Å². The van der Waals surface area contributed by atoms with Gasteiger partial charge in [0.25, 0.3) is 0 Å². The van der Waals surface area contributed by atoms with Gasteiger partial charge in [0.2, 0.25) is 0 Å². The average Bonchev–Trinajstić information content (AvgIpc) is 1.85. The van der Waals surface area contributed by atoms with Crippen LogP contribution in [0.3, 0.4) is 0 Å². The molecule has 0 saturated carbocycles. The van der Waals surface area contributed by atoms with Crippen LogP contribution in [0.15, 0.2) is 0 Å². The molecule has 1 fully saturated rings. The van der Waals surface area contributed by atoms with Crippen LogP contribution in [0.2, 0.25) is 0 Å². The first-order valence-electron chi connectivity index (χ1n) is 4.08. The molecule has 2 N–H and O–H groups in total. The van der Waals surface area contributed by atoms with Gasteiger partial charge in [-0.3, -0.25) is 0 Å². The van der Waals surface area contributed by atoms with Gasteiger partial charge in [0.05, 0.1) is 12.2 Å². The summed E-state index contributed by atoms with van der Waals surface area (Å²) >= 11 is 0. The maximum atomic E-state index is 5.57. The Morgan fingerprint density at radius 2 is 1.80 bits per heavy atom. The lowest BCUT2D eigenvalue weighted by Crippen LogP contribution is -2.32. The second-order valence-electron chi connectivity index (χ2n) is 3.33. The van der Waals surface area contributed by atoms with E-state index in [1.54, 1.807) is 0 Å². The van der Waals surface area contributed by atoms with Crippen LogP contribution in [0, 0.1) is 5.92 Å². The van der Waals surface area contributed by atoms with Gasteiger partial charge in [0.1, 0.15) is 0 Å². The standard InChI is InChI=1S/C8H17NO/c1-6-3-8(5-9)4-7(2)10-6/h6-8H,3-5,9H2,1-2H3/t6-,7-/m0/s1. The second-order valence-corrected chi connectivity index (χ2v) is 3.33. The van der Waals surface area contributed by atoms with E-state index in [-0.39, 0.29) is 0 Å². The molecule has 2 atom stereocenters. The molecule has 1 rings (SSSR count). The summed E-state index contributed by atoms with van der Waals surface area (Å²) in [5, 5.41) is 0. The fraction of sp³-hybridized carbons (Fsp3) is 1.00. The van der Waals surface area contributed by atoms with E-state index in [9.17, 15) is 0 Å². The highest BCUT2D eigenvalue weighted by Gasteiger charge is 2.22. The highest BCUT2D eigenvalue weighted by atomic mass is 16.5. The van der Waals surface area contributed by atoms with Gasteiger partial charge >= 0.3 is 0 Å². The molecule has 2 nitrogen and oxygen atoms in total. The Kier molecular flexibility index (Phi) is 2.69. The lowest BCUT2D eigenvalue weighted by Gasteiger charge is -2.31. The van der Waals surface area contributed by atoms with Crippen molar-refractivity contribution in [2.75, 3.05) is 6.54 Å². The van der Waals surface area contributed by atoms with Crippen molar-refractivity contribution in [3.8, 4) is 0 Å². The molecule has 1 aliphatic heterocycles. The smallest absolute Gasteiger partial charge is 0.0553 e. The molecule has 0 radical (unpaired) electrons. The van der Waals surface area contributed by atoms with Crippen LogP contribution >= 0.6 is 0 Å². The van der Waals surface area contributed by atoms with Crippen LogP contribution in [0.4, 0.5) is 0 Å². The maximum absolute atomic E-state index is 5.57. The zero-order valence-corrected chi connectivity index (χ0v) is 6.84. The molecule has 0 spiro atoms. The first kappa shape index (κ1) is 8.02. The zero-order valence-electron chi connectivity index (χ0n) is 6.84. The topological polar surface area (TPSA) is 35.2 Å². The van der Waals surface area contributed by atoms with Gasteiger partial charge in [-0.2, -0.15) is 0 Å². The summed E-state index contributed by atoms with van der Waals surface area (Å²) in [5.74, 6) is 0.693. The molecule has 60 valence electrons. The van der Waals surface area contributed by atoms with Gasteiger partial charge in [-0.1, -0.05) is 0 Å². The molecule has 0 amide bonds. The summed E-state index contributed by atoms with van der Waals surface area (Å²) in [6.07, 6.45) is 3.11. The molecular weight excluding hydrogens is 126 g/mol. The van der Waals surface area contributed by atoms with E-state index >= 15 is 0 Å². The van der Waals surface area contributed by atoms with Crippen LogP contribution in [0.1, 0.15) is 26.7 Å². The number of nitrogens with two attached hydrogens (primary N) is 1. The van der Waals surface area contributed by atoms with E-state index in [1.165, 1.54) is 0 Å². The third kappa shape index (κ3) is 1.96. The molecule has 0 unspecified atom stereocenters. The number of rotatable bonds is 1. The van der Waals surface area contributed by atoms with Crippen molar-refractivity contribution in [3.63, 3.8) is 0 Å². The Hall–Kier alpha value is -0.0800. The third-order valence-corrected chi connectivity index (χ3v) is 2.13. The zero-order chi connectivity index (χ0) is 7.56. The fourth-order valence-corrected chi connectivity index (χ4v) is 1.74. The number of ether oxygens (including phenoxy) is 1. The van der Waals surface area contributed by atoms with E-state index in [0.29, 0.717) is 18.1 Å². The van der Waals surface area contributed by atoms with E-state index in [0.717, 1.165) is 19.4 Å². The minimum absolute atomic E-state index is 0.414. The summed E-state index contributed by atoms with van der Waals surface area (Å²) < 4.78 is 5.56. The maximum Gasteiger partial charge on any atom is 0.0553 e. The fourth-order valence-electron chi connectivity index (χ4n) is 1.74. The minimum Gasteiger partial charge on any atom is -0.376 e. The lowest BCUT2D eigenvalue weighted by atomic mass is 9.93. The molecule has 1 saturated heterocycles. The van der Waals surface area contributed by atoms with Crippen molar-refractivity contribution in [2.24, 2.45) is 11.7 Å². The van der Waals surface area contributed by atoms with Crippen LogP contribution in [-0.2, 0) is 4.74 Å². The van der Waals surface area contributed by atoms with Crippen LogP contribution in [0.5, 0.6) is 0 Å². The molecule has 0 aliphatic carbocycles. The van der Waals surface area contributed by atoms with Crippen molar-refractivity contribution < 1.29 is 4.74 Å². The largest absolute Gasteiger partial charge is 0.376 e. The summed E-state index contributed by atoms with van der Waals surface area (Å²) in [4.78, 5) is 0. The average molecular weight is 143 g/mol. The van der Waals surface area contributed by atoms with Crippen LogP contribution in [-0.4, -0.2) is 18.8 Å². The Morgan fingerprint density at radius 1 is 1.30 bits per heavy atom. The highest BCUT2D eigenvalue weighted by molar-refractivity contribution is 4.73. The Labute approximate surface area is 62.7 Å². The molecule has 0 aromatic heterocycles. The van der Waals surface area contributed by atoms with Crippen LogP contribution in [0.25, 0.3) is 0 Å². The number of hydrogen-bond donors (Lipinski definition) is 1. The lowest BCUT2D eigenvalue weighted by molar-refractivity contribution is -0.0502.